The van der Waals surface area contributed by atoms with Gasteiger partial charge in [0.05, 0.1) is 27.3 Å². The molecule has 1 amide bonds. The van der Waals surface area contributed by atoms with Crippen LogP contribution in [-0.4, -0.2) is 28.0 Å². The lowest BCUT2D eigenvalue weighted by atomic mass is 10.2. The highest BCUT2D eigenvalue weighted by atomic mass is 32.1. The number of aryl methyl sites for hydroxylation is 1. The molecule has 2 aromatic carbocycles. The van der Waals surface area contributed by atoms with Crippen molar-refractivity contribution in [2.24, 2.45) is 4.99 Å². The Labute approximate surface area is 175 Å². The van der Waals surface area contributed by atoms with Crippen molar-refractivity contribution >= 4 is 45.2 Å². The number of hydrogen-bond donors (Lipinski definition) is 0. The van der Waals surface area contributed by atoms with Gasteiger partial charge in [-0.25, -0.2) is 4.79 Å². The molecule has 3 rings (SSSR count). The van der Waals surface area contributed by atoms with Gasteiger partial charge < -0.3 is 9.30 Å². The molecule has 0 fully saturated rings. The molecule has 8 nitrogen and oxygen atoms in total. The summed E-state index contributed by atoms with van der Waals surface area (Å²) in [5.41, 5.74) is 1.97. The van der Waals surface area contributed by atoms with Gasteiger partial charge in [-0.3, -0.25) is 14.9 Å². The number of carbonyl (C=O) groups excluding carboxylic acids is 2. The summed E-state index contributed by atoms with van der Waals surface area (Å²) in [6, 6.07) is 11.1. The molecule has 1 heterocycles. The maximum Gasteiger partial charge on any atom is 0.338 e. The van der Waals surface area contributed by atoms with Crippen LogP contribution in [0.2, 0.25) is 0 Å². The molecule has 30 heavy (non-hydrogen) atoms. The first-order chi connectivity index (χ1) is 14.4. The number of aromatic nitrogens is 1. The zero-order chi connectivity index (χ0) is 21.7. The predicted octanol–water partition coefficient (Wildman–Crippen LogP) is 3.95. The summed E-state index contributed by atoms with van der Waals surface area (Å²) in [6.07, 6.45) is 2.87. The van der Waals surface area contributed by atoms with Crippen molar-refractivity contribution < 1.29 is 19.2 Å². The molecule has 0 aliphatic carbocycles. The van der Waals surface area contributed by atoms with E-state index < -0.39 is 16.8 Å². The molecule has 0 N–H and O–H groups in total. The van der Waals surface area contributed by atoms with Crippen LogP contribution in [0.1, 0.15) is 29.8 Å². The zero-order valence-electron chi connectivity index (χ0n) is 16.4. The number of rotatable bonds is 6. The van der Waals surface area contributed by atoms with Crippen molar-refractivity contribution in [3.8, 4) is 0 Å². The fourth-order valence-corrected chi connectivity index (χ4v) is 3.95. The van der Waals surface area contributed by atoms with Gasteiger partial charge in [-0.05, 0) is 55.8 Å². The summed E-state index contributed by atoms with van der Waals surface area (Å²) < 4.78 is 7.76. The van der Waals surface area contributed by atoms with Crippen molar-refractivity contribution in [1.82, 2.24) is 4.57 Å². The molecule has 0 aliphatic rings. The number of hydrogen-bond acceptors (Lipinski definition) is 6. The predicted molar refractivity (Wildman–Crippen MR) is 114 cm³/mol. The molecule has 0 atom stereocenters. The molecular formula is C21H19N3O5S. The molecular weight excluding hydrogens is 406 g/mol. The van der Waals surface area contributed by atoms with Gasteiger partial charge in [0.15, 0.2) is 4.80 Å². The lowest BCUT2D eigenvalue weighted by Crippen LogP contribution is -2.15. The number of nitro groups is 1. The van der Waals surface area contributed by atoms with Crippen LogP contribution in [-0.2, 0) is 16.1 Å². The minimum atomic E-state index is -0.480. The highest BCUT2D eigenvalue weighted by Gasteiger charge is 2.11. The summed E-state index contributed by atoms with van der Waals surface area (Å²) >= 11 is 1.31. The molecule has 0 spiro atoms. The molecule has 0 bridgehead atoms. The van der Waals surface area contributed by atoms with E-state index in [-0.39, 0.29) is 5.69 Å². The first-order valence-electron chi connectivity index (χ1n) is 9.24. The average molecular weight is 425 g/mol. The molecule has 3 aromatic rings. The van der Waals surface area contributed by atoms with Crippen molar-refractivity contribution in [2.75, 3.05) is 6.61 Å². The van der Waals surface area contributed by atoms with E-state index in [9.17, 15) is 19.7 Å². The lowest BCUT2D eigenvalue weighted by Gasteiger charge is -2.03. The minimum absolute atomic E-state index is 0.0142. The van der Waals surface area contributed by atoms with E-state index in [4.69, 9.17) is 4.74 Å². The number of esters is 1. The Hall–Kier alpha value is -3.59. The van der Waals surface area contributed by atoms with E-state index in [1.54, 1.807) is 37.3 Å². The summed E-state index contributed by atoms with van der Waals surface area (Å²) in [6.45, 7) is 4.60. The monoisotopic (exact) mass is 425 g/mol. The number of thiazole rings is 1. The van der Waals surface area contributed by atoms with E-state index in [1.807, 2.05) is 17.6 Å². The number of carbonyl (C=O) groups is 2. The van der Waals surface area contributed by atoms with Gasteiger partial charge in [-0.1, -0.05) is 11.3 Å². The largest absolute Gasteiger partial charge is 0.462 e. The van der Waals surface area contributed by atoms with Gasteiger partial charge in [-0.2, -0.15) is 4.99 Å². The van der Waals surface area contributed by atoms with Crippen LogP contribution in [0, 0.1) is 10.1 Å². The van der Waals surface area contributed by atoms with Crippen LogP contribution in [0.4, 0.5) is 5.69 Å². The van der Waals surface area contributed by atoms with Gasteiger partial charge >= 0.3 is 5.97 Å². The molecule has 0 saturated carbocycles. The normalized spacial score (nSPS) is 11.9. The number of amides is 1. The van der Waals surface area contributed by atoms with Gasteiger partial charge in [0.1, 0.15) is 0 Å². The van der Waals surface area contributed by atoms with Crippen molar-refractivity contribution in [3.63, 3.8) is 0 Å². The molecule has 154 valence electrons. The second-order valence-corrected chi connectivity index (χ2v) is 7.17. The third-order valence-electron chi connectivity index (χ3n) is 4.24. The average Bonchev–Trinajstić information content (AvgIpc) is 3.08. The van der Waals surface area contributed by atoms with E-state index >= 15 is 0 Å². The Kier molecular flexibility index (Phi) is 6.53. The molecule has 0 aliphatic heterocycles. The number of ether oxygens (including phenoxy) is 1. The van der Waals surface area contributed by atoms with Gasteiger partial charge in [0.2, 0.25) is 0 Å². The lowest BCUT2D eigenvalue weighted by molar-refractivity contribution is -0.384. The number of benzene rings is 2. The summed E-state index contributed by atoms with van der Waals surface area (Å²) in [7, 11) is 0. The first kappa shape index (κ1) is 21.1. The number of non-ortho nitro benzene ring substituents is 1. The van der Waals surface area contributed by atoms with Crippen LogP contribution in [0.5, 0.6) is 0 Å². The molecule has 1 aromatic heterocycles. The van der Waals surface area contributed by atoms with Crippen LogP contribution < -0.4 is 4.80 Å². The van der Waals surface area contributed by atoms with Crippen LogP contribution >= 0.6 is 11.3 Å². The third kappa shape index (κ3) is 4.69. The minimum Gasteiger partial charge on any atom is -0.462 e. The fraction of sp³-hybridized carbons (Fsp3) is 0.190. The van der Waals surface area contributed by atoms with Crippen LogP contribution in [0.25, 0.3) is 16.3 Å². The van der Waals surface area contributed by atoms with Gasteiger partial charge in [-0.15, -0.1) is 0 Å². The van der Waals surface area contributed by atoms with E-state index in [0.29, 0.717) is 29.1 Å². The molecule has 0 saturated heterocycles. The molecule has 9 heteroatoms. The smallest absolute Gasteiger partial charge is 0.338 e. The Morgan fingerprint density at radius 1 is 1.20 bits per heavy atom. The highest BCUT2D eigenvalue weighted by Crippen LogP contribution is 2.20. The molecule has 0 unspecified atom stereocenters. The van der Waals surface area contributed by atoms with E-state index in [1.165, 1.54) is 29.5 Å². The highest BCUT2D eigenvalue weighted by molar-refractivity contribution is 7.16. The van der Waals surface area contributed by atoms with Gasteiger partial charge in [0, 0.05) is 24.8 Å². The first-order valence-corrected chi connectivity index (χ1v) is 10.1. The second kappa shape index (κ2) is 9.27. The second-order valence-electron chi connectivity index (χ2n) is 6.16. The number of nitro benzene ring substituents is 1. The van der Waals surface area contributed by atoms with Crippen molar-refractivity contribution in [3.05, 3.63) is 74.6 Å². The van der Waals surface area contributed by atoms with Crippen molar-refractivity contribution in [1.29, 1.82) is 0 Å². The fourth-order valence-electron chi connectivity index (χ4n) is 2.81. The van der Waals surface area contributed by atoms with Crippen LogP contribution in [0.3, 0.4) is 0 Å². The van der Waals surface area contributed by atoms with Crippen molar-refractivity contribution in [2.45, 2.75) is 20.4 Å². The quantitative estimate of drug-likeness (QED) is 0.257. The standard InChI is InChI=1S/C21H19N3O5S/c1-3-23-17-11-8-15(20(26)29-4-2)13-18(17)30-21(23)22-19(25)12-7-14-5-9-16(10-6-14)24(27)28/h5-13H,3-4H2,1-2H3. The Bertz CT molecular complexity index is 1210. The maximum absolute atomic E-state index is 12.3. The number of fused-ring (bicyclic) bond motifs is 1. The molecule has 0 radical (unpaired) electrons. The van der Waals surface area contributed by atoms with Gasteiger partial charge in [0.25, 0.3) is 11.6 Å². The van der Waals surface area contributed by atoms with E-state index in [2.05, 4.69) is 4.99 Å². The Morgan fingerprint density at radius 2 is 1.93 bits per heavy atom. The summed E-state index contributed by atoms with van der Waals surface area (Å²) in [5, 5.41) is 10.7. The Balaban J connectivity index is 1.89. The number of nitrogens with zero attached hydrogens (tertiary/aromatic N) is 3. The maximum atomic E-state index is 12.3. The third-order valence-corrected chi connectivity index (χ3v) is 5.28. The Morgan fingerprint density at radius 3 is 2.57 bits per heavy atom. The SMILES string of the molecule is CCOC(=O)c1ccc2c(c1)sc(=NC(=O)C=Cc1ccc([N+](=O)[O-])cc1)n2CC. The summed E-state index contributed by atoms with van der Waals surface area (Å²) in [5.74, 6) is -0.843. The van der Waals surface area contributed by atoms with E-state index in [0.717, 1.165) is 10.2 Å². The topological polar surface area (TPSA) is 104 Å². The summed E-state index contributed by atoms with van der Waals surface area (Å²) in [4.78, 5) is 39.2. The zero-order valence-corrected chi connectivity index (χ0v) is 17.2. The van der Waals surface area contributed by atoms with Crippen LogP contribution in [0.15, 0.2) is 53.5 Å².